The van der Waals surface area contributed by atoms with Gasteiger partial charge in [0.15, 0.2) is 0 Å². The number of hydrogen-bond acceptors (Lipinski definition) is 5. The summed E-state index contributed by atoms with van der Waals surface area (Å²) in [4.78, 5) is 12.3. The van der Waals surface area contributed by atoms with E-state index in [0.717, 1.165) is 27.1 Å². The summed E-state index contributed by atoms with van der Waals surface area (Å²) in [6, 6.07) is 5.91. The molecule has 0 fully saturated rings. The molecule has 0 aliphatic carbocycles. The Morgan fingerprint density at radius 3 is 2.48 bits per heavy atom. The first kappa shape index (κ1) is 18.7. The monoisotopic (exact) mass is 341 g/mol. The van der Waals surface area contributed by atoms with Crippen molar-refractivity contribution in [2.75, 3.05) is 6.61 Å². The molecule has 1 aromatic heterocycles. The zero-order chi connectivity index (χ0) is 18.7. The largest absolute Gasteiger partial charge is 0.490 e. The number of benzene rings is 1. The van der Waals surface area contributed by atoms with Crippen LogP contribution in [0.1, 0.15) is 33.5 Å². The number of ether oxygens (including phenoxy) is 1. The summed E-state index contributed by atoms with van der Waals surface area (Å²) < 4.78 is 6.90. The van der Waals surface area contributed by atoms with Crippen LogP contribution in [0.2, 0.25) is 0 Å². The average molecular weight is 341 g/mol. The normalized spacial score (nSPS) is 11.9. The van der Waals surface area contributed by atoms with E-state index in [2.05, 4.69) is 5.10 Å². The van der Waals surface area contributed by atoms with Gasteiger partial charge in [0.2, 0.25) is 0 Å². The Labute approximate surface area is 147 Å². The van der Waals surface area contributed by atoms with Gasteiger partial charge in [0.1, 0.15) is 30.1 Å². The number of rotatable bonds is 5. The van der Waals surface area contributed by atoms with Crippen LogP contribution in [-0.4, -0.2) is 27.6 Å². The van der Waals surface area contributed by atoms with Crippen molar-refractivity contribution in [2.45, 2.75) is 47.3 Å². The third-order valence-electron chi connectivity index (χ3n) is 4.43. The first-order chi connectivity index (χ1) is 11.8. The molecule has 0 aliphatic rings. The molecule has 25 heavy (non-hydrogen) atoms. The summed E-state index contributed by atoms with van der Waals surface area (Å²) in [6.07, 6.45) is -0.918. The fourth-order valence-corrected chi connectivity index (χ4v) is 2.61. The van der Waals surface area contributed by atoms with Gasteiger partial charge < -0.3 is 9.84 Å². The SMILES string of the molecule is Cc1ccc(C)c(OC[C@H](O)Cn2nc(C)c(C)c(C#N)c2=O)c1C. The highest BCUT2D eigenvalue weighted by atomic mass is 16.5. The van der Waals surface area contributed by atoms with E-state index in [1.165, 1.54) is 0 Å². The number of nitrogens with zero attached hydrogens (tertiary/aromatic N) is 3. The molecule has 2 aromatic rings. The Morgan fingerprint density at radius 1 is 1.20 bits per heavy atom. The van der Waals surface area contributed by atoms with Gasteiger partial charge in [-0.15, -0.1) is 0 Å². The van der Waals surface area contributed by atoms with Crippen LogP contribution in [-0.2, 0) is 6.54 Å². The van der Waals surface area contributed by atoms with Crippen molar-refractivity contribution in [1.82, 2.24) is 9.78 Å². The second-order valence-electron chi connectivity index (χ2n) is 6.30. The maximum atomic E-state index is 12.3. The minimum Gasteiger partial charge on any atom is -0.490 e. The molecule has 2 rings (SSSR count). The summed E-state index contributed by atoms with van der Waals surface area (Å²) in [5.74, 6) is 0.747. The number of nitriles is 1. The third-order valence-corrected chi connectivity index (χ3v) is 4.43. The highest BCUT2D eigenvalue weighted by Gasteiger charge is 2.16. The van der Waals surface area contributed by atoms with Crippen LogP contribution in [0, 0.1) is 45.9 Å². The highest BCUT2D eigenvalue weighted by Crippen LogP contribution is 2.25. The Hall–Kier alpha value is -2.65. The molecule has 0 bridgehead atoms. The molecule has 0 saturated carbocycles. The molecule has 1 aromatic carbocycles. The van der Waals surface area contributed by atoms with Gasteiger partial charge in [0.25, 0.3) is 5.56 Å². The molecule has 132 valence electrons. The molecular weight excluding hydrogens is 318 g/mol. The maximum absolute atomic E-state index is 12.3. The van der Waals surface area contributed by atoms with Crippen LogP contribution in [0.15, 0.2) is 16.9 Å². The average Bonchev–Trinajstić information content (AvgIpc) is 2.56. The van der Waals surface area contributed by atoms with Crippen LogP contribution >= 0.6 is 0 Å². The van der Waals surface area contributed by atoms with Crippen molar-refractivity contribution in [3.63, 3.8) is 0 Å². The van der Waals surface area contributed by atoms with Crippen LogP contribution in [0.3, 0.4) is 0 Å². The Balaban J connectivity index is 2.16. The summed E-state index contributed by atoms with van der Waals surface area (Å²) in [7, 11) is 0. The predicted molar refractivity (Wildman–Crippen MR) is 94.8 cm³/mol. The highest BCUT2D eigenvalue weighted by molar-refractivity contribution is 5.44. The van der Waals surface area contributed by atoms with E-state index in [1.54, 1.807) is 13.8 Å². The van der Waals surface area contributed by atoms with Gasteiger partial charge in [-0.3, -0.25) is 4.79 Å². The van der Waals surface area contributed by atoms with Gasteiger partial charge in [-0.05, 0) is 56.9 Å². The summed E-state index contributed by atoms with van der Waals surface area (Å²) in [5.41, 5.74) is 3.86. The number of aliphatic hydroxyl groups excluding tert-OH is 1. The first-order valence-corrected chi connectivity index (χ1v) is 8.12. The molecular formula is C19H23N3O3. The van der Waals surface area contributed by atoms with Crippen molar-refractivity contribution in [3.8, 4) is 11.8 Å². The van der Waals surface area contributed by atoms with Gasteiger partial charge in [0, 0.05) is 0 Å². The number of aliphatic hydroxyl groups is 1. The molecule has 1 heterocycles. The molecule has 0 aliphatic heterocycles. The van der Waals surface area contributed by atoms with Crippen LogP contribution in [0.25, 0.3) is 0 Å². The summed E-state index contributed by atoms with van der Waals surface area (Å²) in [5, 5.41) is 23.6. The van der Waals surface area contributed by atoms with Gasteiger partial charge in [-0.25, -0.2) is 4.68 Å². The fourth-order valence-electron chi connectivity index (χ4n) is 2.61. The number of aromatic nitrogens is 2. The molecule has 1 atom stereocenters. The minimum absolute atomic E-state index is 0.0292. The molecule has 0 radical (unpaired) electrons. The standard InChI is InChI=1S/C19H23N3O3/c1-11-6-7-12(2)18(13(11)3)25-10-16(23)9-22-19(24)17(8-20)14(4)15(5)21-22/h6-7,16,23H,9-10H2,1-5H3/t16-/m1/s1. The van der Waals surface area contributed by atoms with Crippen molar-refractivity contribution in [2.24, 2.45) is 0 Å². The zero-order valence-corrected chi connectivity index (χ0v) is 15.3. The second kappa shape index (κ2) is 7.49. The fraction of sp³-hybridized carbons (Fsp3) is 0.421. The van der Waals surface area contributed by atoms with Crippen molar-refractivity contribution < 1.29 is 9.84 Å². The van der Waals surface area contributed by atoms with Gasteiger partial charge in [0.05, 0.1) is 12.2 Å². The zero-order valence-electron chi connectivity index (χ0n) is 15.3. The van der Waals surface area contributed by atoms with Crippen LogP contribution in [0.5, 0.6) is 5.75 Å². The van der Waals surface area contributed by atoms with E-state index in [-0.39, 0.29) is 18.7 Å². The molecule has 0 unspecified atom stereocenters. The molecule has 0 saturated heterocycles. The lowest BCUT2D eigenvalue weighted by Crippen LogP contribution is -2.34. The summed E-state index contributed by atoms with van der Waals surface area (Å²) >= 11 is 0. The molecule has 6 nitrogen and oxygen atoms in total. The second-order valence-corrected chi connectivity index (χ2v) is 6.30. The van der Waals surface area contributed by atoms with Crippen LogP contribution in [0.4, 0.5) is 0 Å². The summed E-state index contributed by atoms with van der Waals surface area (Å²) in [6.45, 7) is 9.35. The lowest BCUT2D eigenvalue weighted by atomic mass is 10.1. The van der Waals surface area contributed by atoms with E-state index in [9.17, 15) is 9.90 Å². The van der Waals surface area contributed by atoms with E-state index in [0.29, 0.717) is 11.3 Å². The molecule has 0 amide bonds. The Bertz CT molecular complexity index is 894. The van der Waals surface area contributed by atoms with E-state index >= 15 is 0 Å². The van der Waals surface area contributed by atoms with Crippen LogP contribution < -0.4 is 10.3 Å². The smallest absolute Gasteiger partial charge is 0.285 e. The van der Waals surface area contributed by atoms with Crippen molar-refractivity contribution in [3.05, 3.63) is 56.0 Å². The Kier molecular flexibility index (Phi) is 5.60. The van der Waals surface area contributed by atoms with E-state index in [1.807, 2.05) is 39.0 Å². The lowest BCUT2D eigenvalue weighted by molar-refractivity contribution is 0.0871. The Morgan fingerprint density at radius 2 is 1.84 bits per heavy atom. The molecule has 1 N–H and O–H groups in total. The van der Waals surface area contributed by atoms with Gasteiger partial charge >= 0.3 is 0 Å². The van der Waals surface area contributed by atoms with Gasteiger partial charge in [-0.1, -0.05) is 12.1 Å². The van der Waals surface area contributed by atoms with E-state index < -0.39 is 11.7 Å². The lowest BCUT2D eigenvalue weighted by Gasteiger charge is -2.17. The maximum Gasteiger partial charge on any atom is 0.285 e. The van der Waals surface area contributed by atoms with Gasteiger partial charge in [-0.2, -0.15) is 10.4 Å². The third kappa shape index (κ3) is 3.89. The molecule has 0 spiro atoms. The number of hydrogen-bond donors (Lipinski definition) is 1. The first-order valence-electron chi connectivity index (χ1n) is 8.12. The topological polar surface area (TPSA) is 88.1 Å². The predicted octanol–water partition coefficient (Wildman–Crippen LogP) is 2.10. The minimum atomic E-state index is -0.918. The molecule has 6 heteroatoms. The van der Waals surface area contributed by atoms with Crippen molar-refractivity contribution >= 4 is 0 Å². The van der Waals surface area contributed by atoms with E-state index in [4.69, 9.17) is 10.00 Å². The number of aryl methyl sites for hydroxylation is 3. The quantitative estimate of drug-likeness (QED) is 0.900. The van der Waals surface area contributed by atoms with Crippen molar-refractivity contribution in [1.29, 1.82) is 5.26 Å².